The van der Waals surface area contributed by atoms with Crippen LogP contribution in [0.2, 0.25) is 0 Å². The van der Waals surface area contributed by atoms with Crippen LogP contribution in [-0.4, -0.2) is 43.1 Å². The Morgan fingerprint density at radius 3 is 2.88 bits per heavy atom. The maximum Gasteiger partial charge on any atom is 0.247 e. The largest absolute Gasteiger partial charge is 0.420 e. The van der Waals surface area contributed by atoms with E-state index in [1.807, 2.05) is 24.3 Å². The minimum atomic E-state index is 0.190. The van der Waals surface area contributed by atoms with Crippen molar-refractivity contribution in [1.29, 1.82) is 0 Å². The molecular weight excluding hydrogens is 408 g/mol. The fourth-order valence-electron chi connectivity index (χ4n) is 2.54. The first-order valence-electron chi connectivity index (χ1n) is 7.87. The lowest BCUT2D eigenvalue weighted by atomic mass is 10.2. The number of ether oxygens (including phenoxy) is 1. The van der Waals surface area contributed by atoms with Gasteiger partial charge >= 0.3 is 0 Å². The highest BCUT2D eigenvalue weighted by atomic mass is 79.9. The van der Waals surface area contributed by atoms with Gasteiger partial charge in [0, 0.05) is 16.6 Å². The van der Waals surface area contributed by atoms with E-state index >= 15 is 0 Å². The van der Waals surface area contributed by atoms with E-state index < -0.39 is 0 Å². The first-order chi connectivity index (χ1) is 12.3. The fraction of sp³-hybridized carbons (Fsp3) is 0.400. The molecule has 1 aliphatic rings. The summed E-state index contributed by atoms with van der Waals surface area (Å²) in [5.41, 5.74) is 0.884. The van der Waals surface area contributed by atoms with E-state index in [2.05, 4.69) is 41.7 Å². The van der Waals surface area contributed by atoms with Crippen LogP contribution in [0.1, 0.15) is 18.7 Å². The molecule has 3 heterocycles. The van der Waals surface area contributed by atoms with Crippen molar-refractivity contribution in [2.75, 3.05) is 6.61 Å². The summed E-state index contributed by atoms with van der Waals surface area (Å²) in [4.78, 5) is 0. The van der Waals surface area contributed by atoms with Gasteiger partial charge < -0.3 is 9.15 Å². The lowest BCUT2D eigenvalue weighted by molar-refractivity contribution is 0.0912. The first-order valence-corrected chi connectivity index (χ1v) is 9.65. The molecule has 1 saturated heterocycles. The van der Waals surface area contributed by atoms with Gasteiger partial charge in [0.2, 0.25) is 16.9 Å². The van der Waals surface area contributed by atoms with Gasteiger partial charge in [-0.05, 0) is 47.5 Å². The van der Waals surface area contributed by atoms with Crippen LogP contribution >= 0.6 is 27.7 Å². The van der Waals surface area contributed by atoms with E-state index in [9.17, 15) is 0 Å². The summed E-state index contributed by atoms with van der Waals surface area (Å²) in [5.74, 6) is 1.55. The molecular formula is C15H15BrN6O2S. The standard InChI is InChI=1S/C15H15BrN6O2S/c16-11-5-3-10(4-6-11)14-18-17-13(24-14)9-25-15-19-20-21-22(15)8-12-2-1-7-23-12/h3-6,12H,1-2,7-9H2. The van der Waals surface area contributed by atoms with Crippen LogP contribution in [0.4, 0.5) is 0 Å². The van der Waals surface area contributed by atoms with Crippen molar-refractivity contribution < 1.29 is 9.15 Å². The summed E-state index contributed by atoms with van der Waals surface area (Å²) in [7, 11) is 0. The van der Waals surface area contributed by atoms with Gasteiger partial charge in [0.25, 0.3) is 0 Å². The van der Waals surface area contributed by atoms with E-state index in [1.165, 1.54) is 11.8 Å². The minimum absolute atomic E-state index is 0.190. The third-order valence-electron chi connectivity index (χ3n) is 3.78. The topological polar surface area (TPSA) is 91.8 Å². The van der Waals surface area contributed by atoms with Gasteiger partial charge in [-0.25, -0.2) is 4.68 Å². The third kappa shape index (κ3) is 4.07. The molecule has 0 radical (unpaired) electrons. The number of hydrogen-bond donors (Lipinski definition) is 0. The van der Waals surface area contributed by atoms with Crippen LogP contribution in [0.3, 0.4) is 0 Å². The molecule has 0 amide bonds. The summed E-state index contributed by atoms with van der Waals surface area (Å²) < 4.78 is 14.1. The van der Waals surface area contributed by atoms with Gasteiger partial charge in [0.1, 0.15) is 0 Å². The van der Waals surface area contributed by atoms with Crippen LogP contribution in [0.25, 0.3) is 11.5 Å². The number of nitrogens with zero attached hydrogens (tertiary/aromatic N) is 6. The quantitative estimate of drug-likeness (QED) is 0.559. The van der Waals surface area contributed by atoms with Gasteiger partial charge in [-0.1, -0.05) is 27.7 Å². The van der Waals surface area contributed by atoms with Crippen molar-refractivity contribution in [3.05, 3.63) is 34.6 Å². The van der Waals surface area contributed by atoms with Crippen molar-refractivity contribution in [3.63, 3.8) is 0 Å². The van der Waals surface area contributed by atoms with Gasteiger partial charge in [0.15, 0.2) is 0 Å². The molecule has 0 aliphatic carbocycles. The van der Waals surface area contributed by atoms with Crippen LogP contribution in [-0.2, 0) is 17.0 Å². The molecule has 0 N–H and O–H groups in total. The molecule has 1 fully saturated rings. The molecule has 0 saturated carbocycles. The molecule has 1 unspecified atom stereocenters. The second-order valence-electron chi connectivity index (χ2n) is 5.58. The molecule has 0 spiro atoms. The Morgan fingerprint density at radius 2 is 2.08 bits per heavy atom. The van der Waals surface area contributed by atoms with Crippen molar-refractivity contribution >= 4 is 27.7 Å². The molecule has 25 heavy (non-hydrogen) atoms. The Bertz CT molecular complexity index is 831. The predicted molar refractivity (Wildman–Crippen MR) is 93.8 cm³/mol. The number of benzene rings is 1. The Labute approximate surface area is 156 Å². The maximum absolute atomic E-state index is 5.72. The highest BCUT2D eigenvalue weighted by Crippen LogP contribution is 2.24. The summed E-state index contributed by atoms with van der Waals surface area (Å²) in [6.45, 7) is 1.49. The van der Waals surface area contributed by atoms with E-state index in [-0.39, 0.29) is 6.10 Å². The lowest BCUT2D eigenvalue weighted by Crippen LogP contribution is -2.16. The number of tetrazole rings is 1. The van der Waals surface area contributed by atoms with E-state index in [1.54, 1.807) is 4.68 Å². The molecule has 4 rings (SSSR count). The minimum Gasteiger partial charge on any atom is -0.420 e. The first kappa shape index (κ1) is 16.7. The maximum atomic E-state index is 5.72. The zero-order valence-corrected chi connectivity index (χ0v) is 15.6. The SMILES string of the molecule is Brc1ccc(-c2nnc(CSc3nnnn3CC3CCCO3)o2)cc1. The molecule has 1 aliphatic heterocycles. The third-order valence-corrected chi connectivity index (χ3v) is 5.25. The number of aromatic nitrogens is 6. The average molecular weight is 423 g/mol. The molecule has 3 aromatic rings. The molecule has 2 aromatic heterocycles. The van der Waals surface area contributed by atoms with Gasteiger partial charge in [-0.15, -0.1) is 15.3 Å². The van der Waals surface area contributed by atoms with Crippen LogP contribution < -0.4 is 0 Å². The Morgan fingerprint density at radius 1 is 1.20 bits per heavy atom. The van der Waals surface area contributed by atoms with Gasteiger partial charge in [0.05, 0.1) is 18.4 Å². The van der Waals surface area contributed by atoms with Crippen molar-refractivity contribution in [3.8, 4) is 11.5 Å². The smallest absolute Gasteiger partial charge is 0.247 e. The monoisotopic (exact) mass is 422 g/mol. The zero-order valence-electron chi connectivity index (χ0n) is 13.2. The molecule has 8 nitrogen and oxygen atoms in total. The van der Waals surface area contributed by atoms with Crippen molar-refractivity contribution in [1.82, 2.24) is 30.4 Å². The Balaban J connectivity index is 1.39. The Kier molecular flexibility index (Phi) is 5.09. The summed E-state index contributed by atoms with van der Waals surface area (Å²) >= 11 is 4.88. The van der Waals surface area contributed by atoms with Crippen LogP contribution in [0.5, 0.6) is 0 Å². The van der Waals surface area contributed by atoms with Gasteiger partial charge in [-0.3, -0.25) is 0 Å². The van der Waals surface area contributed by atoms with Crippen LogP contribution in [0, 0.1) is 0 Å². The zero-order chi connectivity index (χ0) is 17.1. The number of hydrogen-bond acceptors (Lipinski definition) is 8. The fourth-order valence-corrected chi connectivity index (χ4v) is 3.53. The highest BCUT2D eigenvalue weighted by molar-refractivity contribution is 9.10. The second-order valence-corrected chi connectivity index (χ2v) is 7.43. The van der Waals surface area contributed by atoms with Gasteiger partial charge in [-0.2, -0.15) is 0 Å². The molecule has 130 valence electrons. The molecule has 1 atom stereocenters. The van der Waals surface area contributed by atoms with Crippen molar-refractivity contribution in [2.24, 2.45) is 0 Å². The predicted octanol–water partition coefficient (Wildman–Crippen LogP) is 2.96. The highest BCUT2D eigenvalue weighted by Gasteiger charge is 2.19. The summed E-state index contributed by atoms with van der Waals surface area (Å²) in [6, 6.07) is 7.73. The van der Waals surface area contributed by atoms with Crippen molar-refractivity contribution in [2.45, 2.75) is 36.4 Å². The normalized spacial score (nSPS) is 17.2. The molecule has 1 aromatic carbocycles. The number of halogens is 1. The van der Waals surface area contributed by atoms with E-state index in [4.69, 9.17) is 9.15 Å². The van der Waals surface area contributed by atoms with E-state index in [0.29, 0.717) is 24.1 Å². The number of rotatable bonds is 6. The summed E-state index contributed by atoms with van der Waals surface area (Å²) in [6.07, 6.45) is 2.33. The van der Waals surface area contributed by atoms with Crippen LogP contribution in [0.15, 0.2) is 38.3 Å². The van der Waals surface area contributed by atoms with E-state index in [0.717, 1.165) is 34.6 Å². The second kappa shape index (κ2) is 7.63. The molecule has 0 bridgehead atoms. The number of thioether (sulfide) groups is 1. The molecule has 10 heteroatoms. The lowest BCUT2D eigenvalue weighted by Gasteiger charge is -2.09. The summed E-state index contributed by atoms with van der Waals surface area (Å²) in [5, 5.41) is 20.8. The Hall–Kier alpha value is -1.78. The average Bonchev–Trinajstić information content (AvgIpc) is 3.36.